The van der Waals surface area contributed by atoms with Crippen LogP contribution in [0.5, 0.6) is 0 Å². The van der Waals surface area contributed by atoms with Gasteiger partial charge in [0.15, 0.2) is 0 Å². The average molecular weight is 360 g/mol. The van der Waals surface area contributed by atoms with Crippen molar-refractivity contribution in [2.24, 2.45) is 0 Å². The first-order chi connectivity index (χ1) is 9.67. The van der Waals surface area contributed by atoms with Gasteiger partial charge in [0, 0.05) is 28.7 Å². The molecule has 1 aromatic carbocycles. The highest BCUT2D eigenvalue weighted by Crippen LogP contribution is 2.29. The first-order valence-corrected chi connectivity index (χ1v) is 7.32. The predicted molar refractivity (Wildman–Crippen MR) is 79.6 cm³/mol. The van der Waals surface area contributed by atoms with Crippen molar-refractivity contribution in [2.45, 2.75) is 32.8 Å². The summed E-state index contributed by atoms with van der Waals surface area (Å²) < 4.78 is 33.1. The van der Waals surface area contributed by atoms with Gasteiger partial charge in [0.25, 0.3) is 0 Å². The van der Waals surface area contributed by atoms with Crippen molar-refractivity contribution >= 4 is 28.1 Å². The van der Waals surface area contributed by atoms with Gasteiger partial charge in [-0.2, -0.15) is 0 Å². The third-order valence-corrected chi connectivity index (χ3v) is 3.36. The van der Waals surface area contributed by atoms with E-state index in [0.717, 1.165) is 0 Å². The van der Waals surface area contributed by atoms with Crippen LogP contribution in [0.2, 0.25) is 0 Å². The average Bonchev–Trinajstić information content (AvgIpc) is 2.22. The lowest BCUT2D eigenvalue weighted by Crippen LogP contribution is -2.43. The minimum Gasteiger partial charge on any atom is -0.443 e. The fraction of sp³-hybridized carbons (Fsp3) is 0.400. The lowest BCUT2D eigenvalue weighted by atomic mass is 10.1. The van der Waals surface area contributed by atoms with Crippen LogP contribution in [0.4, 0.5) is 13.6 Å². The molecule has 21 heavy (non-hydrogen) atoms. The smallest absolute Gasteiger partial charge is 0.414 e. The zero-order chi connectivity index (χ0) is 15.8. The molecule has 1 fully saturated rings. The number of rotatable bonds is 1. The van der Waals surface area contributed by atoms with E-state index in [-0.39, 0.29) is 5.56 Å². The molecule has 0 N–H and O–H groups in total. The molecule has 1 saturated heterocycles. The van der Waals surface area contributed by atoms with E-state index >= 15 is 0 Å². The molecule has 114 valence electrons. The Balaban J connectivity index is 2.21. The number of benzene rings is 1. The number of hydrogen-bond acceptors (Lipinski definition) is 2. The van der Waals surface area contributed by atoms with Crippen LogP contribution in [-0.2, 0) is 4.74 Å². The molecule has 0 unspecified atom stereocenters. The van der Waals surface area contributed by atoms with Crippen LogP contribution in [0.15, 0.2) is 22.3 Å². The van der Waals surface area contributed by atoms with E-state index in [9.17, 15) is 13.6 Å². The van der Waals surface area contributed by atoms with Gasteiger partial charge in [-0.05, 0) is 39.0 Å². The fourth-order valence-corrected chi connectivity index (χ4v) is 2.29. The van der Waals surface area contributed by atoms with Crippen molar-refractivity contribution in [3.63, 3.8) is 0 Å². The Hall–Kier alpha value is -1.43. The molecule has 1 aromatic rings. The van der Waals surface area contributed by atoms with Crippen molar-refractivity contribution in [3.8, 4) is 0 Å². The first kappa shape index (κ1) is 15.9. The molecule has 1 amide bonds. The summed E-state index contributed by atoms with van der Waals surface area (Å²) in [7, 11) is 0. The molecule has 0 aliphatic carbocycles. The van der Waals surface area contributed by atoms with Crippen LogP contribution in [0, 0.1) is 11.6 Å². The number of ether oxygens (including phenoxy) is 1. The van der Waals surface area contributed by atoms with Gasteiger partial charge in [-0.25, -0.2) is 13.6 Å². The van der Waals surface area contributed by atoms with Crippen LogP contribution < -0.4 is 0 Å². The monoisotopic (exact) mass is 359 g/mol. The highest BCUT2D eigenvalue weighted by molar-refractivity contribution is 9.10. The molecule has 0 saturated carbocycles. The molecule has 6 heteroatoms. The molecule has 0 radical (unpaired) electrons. The number of amides is 1. The van der Waals surface area contributed by atoms with Crippen molar-refractivity contribution in [2.75, 3.05) is 6.54 Å². The topological polar surface area (TPSA) is 29.5 Å². The molecule has 0 spiro atoms. The number of carbonyl (C=O) groups excluding carboxylic acids is 1. The Bertz CT molecular complexity index is 585. The molecular weight excluding hydrogens is 344 g/mol. The highest BCUT2D eigenvalue weighted by atomic mass is 79.9. The van der Waals surface area contributed by atoms with E-state index in [2.05, 4.69) is 15.9 Å². The summed E-state index contributed by atoms with van der Waals surface area (Å²) >= 11 is 3.03. The summed E-state index contributed by atoms with van der Waals surface area (Å²) in [6.45, 7) is 5.78. The number of carbonyl (C=O) groups is 1. The summed E-state index contributed by atoms with van der Waals surface area (Å²) in [4.78, 5) is 13.3. The minimum absolute atomic E-state index is 0.151. The molecule has 0 bridgehead atoms. The van der Waals surface area contributed by atoms with Crippen molar-refractivity contribution in [1.82, 2.24) is 4.90 Å². The standard InChI is InChI=1S/C15H16BrF2NO2/c1-15(2,3)21-14(20)19-5-4-10(19)8-11-12(17)6-9(16)7-13(11)18/h6-8H,4-5H2,1-3H3. The van der Waals surface area contributed by atoms with Crippen LogP contribution in [0.25, 0.3) is 6.08 Å². The lowest BCUT2D eigenvalue weighted by Gasteiger charge is -2.35. The van der Waals surface area contributed by atoms with Crippen molar-refractivity contribution in [3.05, 3.63) is 39.5 Å². The molecular formula is C15H16BrF2NO2. The second kappa shape index (κ2) is 5.75. The van der Waals surface area contributed by atoms with E-state index in [1.165, 1.54) is 23.1 Å². The fourth-order valence-electron chi connectivity index (χ4n) is 1.89. The number of halogens is 3. The largest absolute Gasteiger partial charge is 0.443 e. The molecule has 0 atom stereocenters. The highest BCUT2D eigenvalue weighted by Gasteiger charge is 2.31. The van der Waals surface area contributed by atoms with Gasteiger partial charge in [-0.3, -0.25) is 4.90 Å². The SMILES string of the molecule is CC(C)(C)OC(=O)N1CCC1=Cc1c(F)cc(Br)cc1F. The maximum atomic E-state index is 13.8. The summed E-state index contributed by atoms with van der Waals surface area (Å²) in [5, 5.41) is 0. The maximum Gasteiger partial charge on any atom is 0.414 e. The zero-order valence-corrected chi connectivity index (χ0v) is 13.6. The number of hydrogen-bond donors (Lipinski definition) is 0. The lowest BCUT2D eigenvalue weighted by molar-refractivity contribution is 0.0239. The van der Waals surface area contributed by atoms with Gasteiger partial charge < -0.3 is 4.74 Å². The summed E-state index contributed by atoms with van der Waals surface area (Å²) in [5.74, 6) is -1.35. The maximum absolute atomic E-state index is 13.8. The first-order valence-electron chi connectivity index (χ1n) is 6.53. The summed E-state index contributed by atoms with van der Waals surface area (Å²) in [6.07, 6.45) is 1.43. The number of nitrogens with zero attached hydrogens (tertiary/aromatic N) is 1. The third kappa shape index (κ3) is 3.81. The molecule has 1 aliphatic heterocycles. The molecule has 1 aliphatic rings. The van der Waals surface area contributed by atoms with E-state index in [1.54, 1.807) is 20.8 Å². The summed E-state index contributed by atoms with van der Waals surface area (Å²) in [6, 6.07) is 2.37. The van der Waals surface area contributed by atoms with E-state index in [1.807, 2.05) is 0 Å². The van der Waals surface area contributed by atoms with Crippen LogP contribution in [-0.4, -0.2) is 23.1 Å². The molecule has 3 nitrogen and oxygen atoms in total. The summed E-state index contributed by atoms with van der Waals surface area (Å²) in [5.41, 5.74) is -0.211. The predicted octanol–water partition coefficient (Wildman–Crippen LogP) is 4.71. The third-order valence-electron chi connectivity index (χ3n) is 2.91. The Morgan fingerprint density at radius 3 is 2.33 bits per heavy atom. The number of likely N-dealkylation sites (tertiary alicyclic amines) is 1. The van der Waals surface area contributed by atoms with E-state index in [0.29, 0.717) is 23.1 Å². The van der Waals surface area contributed by atoms with Gasteiger partial charge in [-0.15, -0.1) is 0 Å². The van der Waals surface area contributed by atoms with Gasteiger partial charge in [0.05, 0.1) is 0 Å². The quantitative estimate of drug-likeness (QED) is 0.726. The Kier molecular flexibility index (Phi) is 4.37. The van der Waals surface area contributed by atoms with E-state index in [4.69, 9.17) is 4.74 Å². The Morgan fingerprint density at radius 1 is 1.33 bits per heavy atom. The van der Waals surface area contributed by atoms with Gasteiger partial charge in [0.1, 0.15) is 17.2 Å². The van der Waals surface area contributed by atoms with Gasteiger partial charge in [0.2, 0.25) is 0 Å². The van der Waals surface area contributed by atoms with Crippen LogP contribution in [0.3, 0.4) is 0 Å². The second-order valence-corrected chi connectivity index (χ2v) is 6.72. The zero-order valence-electron chi connectivity index (χ0n) is 12.0. The molecule has 1 heterocycles. The molecule has 0 aromatic heterocycles. The molecule has 2 rings (SSSR count). The normalized spacial score (nSPS) is 16.9. The van der Waals surface area contributed by atoms with Gasteiger partial charge in [-0.1, -0.05) is 15.9 Å². The van der Waals surface area contributed by atoms with Crippen molar-refractivity contribution < 1.29 is 18.3 Å². The Labute approximate surface area is 130 Å². The second-order valence-electron chi connectivity index (χ2n) is 5.80. The Morgan fingerprint density at radius 2 is 1.90 bits per heavy atom. The van der Waals surface area contributed by atoms with Crippen LogP contribution in [0.1, 0.15) is 32.8 Å². The van der Waals surface area contributed by atoms with Crippen LogP contribution >= 0.6 is 15.9 Å². The van der Waals surface area contributed by atoms with E-state index < -0.39 is 23.3 Å². The van der Waals surface area contributed by atoms with Gasteiger partial charge >= 0.3 is 6.09 Å². The van der Waals surface area contributed by atoms with Crippen molar-refractivity contribution in [1.29, 1.82) is 0 Å². The minimum atomic E-state index is -0.676.